The van der Waals surface area contributed by atoms with Gasteiger partial charge in [-0.3, -0.25) is 4.98 Å². The van der Waals surface area contributed by atoms with E-state index < -0.39 is 0 Å². The first-order valence-corrected chi connectivity index (χ1v) is 4.78. The molecule has 2 heterocycles. The molecular formula is C12H14N2. The van der Waals surface area contributed by atoms with Crippen LogP contribution in [0.4, 0.5) is 0 Å². The quantitative estimate of drug-likeness (QED) is 0.705. The summed E-state index contributed by atoms with van der Waals surface area (Å²) in [7, 11) is 0. The van der Waals surface area contributed by atoms with Crippen LogP contribution in [0, 0.1) is 6.92 Å². The van der Waals surface area contributed by atoms with Gasteiger partial charge in [0.2, 0.25) is 0 Å². The van der Waals surface area contributed by atoms with E-state index in [1.807, 2.05) is 19.2 Å². The van der Waals surface area contributed by atoms with Gasteiger partial charge in [0.05, 0.1) is 0 Å². The lowest BCUT2D eigenvalue weighted by molar-refractivity contribution is 0.473. The largest absolute Gasteiger partial charge is 0.348 e. The number of hydrogen-bond donors (Lipinski definition) is 0. The molecule has 14 heavy (non-hydrogen) atoms. The molecule has 0 saturated carbocycles. The molecule has 0 unspecified atom stereocenters. The van der Waals surface area contributed by atoms with Crippen LogP contribution in [-0.2, 0) is 6.54 Å². The first kappa shape index (κ1) is 9.00. The standard InChI is InChI=1S/C12H14N2/c1-10-5-6-12(8-13-10)9-14-7-3-4-11(14)2/h3,5-8H,2,4,9H2,1H3. The lowest BCUT2D eigenvalue weighted by Gasteiger charge is -2.17. The van der Waals surface area contributed by atoms with Crippen molar-refractivity contribution in [1.82, 2.24) is 9.88 Å². The molecule has 0 fully saturated rings. The minimum Gasteiger partial charge on any atom is -0.348 e. The van der Waals surface area contributed by atoms with Crippen molar-refractivity contribution in [2.24, 2.45) is 0 Å². The van der Waals surface area contributed by atoms with Crippen molar-refractivity contribution in [2.45, 2.75) is 19.9 Å². The van der Waals surface area contributed by atoms with Crippen molar-refractivity contribution in [3.8, 4) is 0 Å². The van der Waals surface area contributed by atoms with E-state index in [4.69, 9.17) is 0 Å². The van der Waals surface area contributed by atoms with Gasteiger partial charge in [0.1, 0.15) is 0 Å². The smallest absolute Gasteiger partial charge is 0.0487 e. The Balaban J connectivity index is 2.07. The van der Waals surface area contributed by atoms with Gasteiger partial charge >= 0.3 is 0 Å². The molecule has 0 N–H and O–H groups in total. The van der Waals surface area contributed by atoms with Gasteiger partial charge in [0.25, 0.3) is 0 Å². The van der Waals surface area contributed by atoms with Crippen LogP contribution in [-0.4, -0.2) is 9.88 Å². The zero-order chi connectivity index (χ0) is 9.97. The molecule has 0 bridgehead atoms. The highest BCUT2D eigenvalue weighted by Gasteiger charge is 2.09. The third-order valence-corrected chi connectivity index (χ3v) is 2.37. The second kappa shape index (κ2) is 3.66. The monoisotopic (exact) mass is 186 g/mol. The van der Waals surface area contributed by atoms with E-state index in [0.29, 0.717) is 0 Å². The average molecular weight is 186 g/mol. The van der Waals surface area contributed by atoms with Crippen LogP contribution in [0.1, 0.15) is 17.7 Å². The predicted octanol–water partition coefficient (Wildman–Crippen LogP) is 2.62. The molecule has 1 aromatic heterocycles. The number of aromatic nitrogens is 1. The van der Waals surface area contributed by atoms with Gasteiger partial charge < -0.3 is 4.90 Å². The van der Waals surface area contributed by atoms with E-state index in [0.717, 1.165) is 24.4 Å². The Labute approximate surface area is 84.6 Å². The molecule has 1 aliphatic rings. The maximum absolute atomic E-state index is 4.27. The summed E-state index contributed by atoms with van der Waals surface area (Å²) in [5, 5.41) is 0. The zero-order valence-electron chi connectivity index (χ0n) is 8.40. The average Bonchev–Trinajstić information content (AvgIpc) is 2.56. The zero-order valence-corrected chi connectivity index (χ0v) is 8.40. The van der Waals surface area contributed by atoms with E-state index in [9.17, 15) is 0 Å². The molecule has 72 valence electrons. The van der Waals surface area contributed by atoms with Crippen LogP contribution in [0.15, 0.2) is 42.9 Å². The molecule has 1 aromatic rings. The molecule has 0 radical (unpaired) electrons. The summed E-state index contributed by atoms with van der Waals surface area (Å²) in [6, 6.07) is 4.15. The van der Waals surface area contributed by atoms with Gasteiger partial charge in [-0.1, -0.05) is 18.7 Å². The highest BCUT2D eigenvalue weighted by molar-refractivity contribution is 5.18. The van der Waals surface area contributed by atoms with E-state index in [1.165, 1.54) is 5.56 Å². The van der Waals surface area contributed by atoms with Crippen LogP contribution >= 0.6 is 0 Å². The minimum atomic E-state index is 0.878. The Morgan fingerprint density at radius 2 is 2.36 bits per heavy atom. The molecule has 2 heteroatoms. The highest BCUT2D eigenvalue weighted by atomic mass is 15.1. The maximum Gasteiger partial charge on any atom is 0.0487 e. The SMILES string of the molecule is C=C1CC=CN1Cc1ccc(C)nc1. The van der Waals surface area contributed by atoms with Crippen molar-refractivity contribution in [3.63, 3.8) is 0 Å². The van der Waals surface area contributed by atoms with Gasteiger partial charge in [0, 0.05) is 36.8 Å². The van der Waals surface area contributed by atoms with E-state index in [2.05, 4.69) is 34.8 Å². The Bertz CT molecular complexity index is 362. The Morgan fingerprint density at radius 3 is 2.93 bits per heavy atom. The fourth-order valence-electron chi connectivity index (χ4n) is 1.49. The Hall–Kier alpha value is -1.57. The first-order chi connectivity index (χ1) is 6.75. The molecule has 0 aromatic carbocycles. The van der Waals surface area contributed by atoms with Crippen molar-refractivity contribution in [3.05, 3.63) is 54.1 Å². The number of rotatable bonds is 2. The van der Waals surface area contributed by atoms with Crippen molar-refractivity contribution in [2.75, 3.05) is 0 Å². The Kier molecular flexibility index (Phi) is 2.35. The predicted molar refractivity (Wildman–Crippen MR) is 57.4 cm³/mol. The van der Waals surface area contributed by atoms with Crippen molar-refractivity contribution in [1.29, 1.82) is 0 Å². The molecule has 0 aliphatic carbocycles. The van der Waals surface area contributed by atoms with Gasteiger partial charge in [-0.25, -0.2) is 0 Å². The van der Waals surface area contributed by atoms with Gasteiger partial charge in [0.15, 0.2) is 0 Å². The molecule has 0 spiro atoms. The molecule has 0 atom stereocenters. The summed E-state index contributed by atoms with van der Waals surface area (Å²) >= 11 is 0. The topological polar surface area (TPSA) is 16.1 Å². The molecule has 1 aliphatic heterocycles. The third kappa shape index (κ3) is 1.84. The van der Waals surface area contributed by atoms with Crippen LogP contribution in [0.3, 0.4) is 0 Å². The summed E-state index contributed by atoms with van der Waals surface area (Å²) in [4.78, 5) is 6.42. The summed E-state index contributed by atoms with van der Waals surface area (Å²) < 4.78 is 0. The molecule has 0 amide bonds. The maximum atomic E-state index is 4.27. The second-order valence-electron chi connectivity index (χ2n) is 3.59. The number of pyridine rings is 1. The van der Waals surface area contributed by atoms with E-state index in [-0.39, 0.29) is 0 Å². The molecule has 2 rings (SSSR count). The van der Waals surface area contributed by atoms with Gasteiger partial charge in [-0.05, 0) is 18.6 Å². The summed E-state index contributed by atoms with van der Waals surface area (Å²) in [6.45, 7) is 6.87. The summed E-state index contributed by atoms with van der Waals surface area (Å²) in [5.74, 6) is 0. The Morgan fingerprint density at radius 1 is 1.50 bits per heavy atom. The van der Waals surface area contributed by atoms with Crippen LogP contribution in [0.2, 0.25) is 0 Å². The normalized spacial score (nSPS) is 15.2. The molecule has 2 nitrogen and oxygen atoms in total. The molecular weight excluding hydrogens is 172 g/mol. The summed E-state index contributed by atoms with van der Waals surface area (Å²) in [5.41, 5.74) is 3.44. The number of allylic oxidation sites excluding steroid dienone is 1. The fraction of sp³-hybridized carbons (Fsp3) is 0.250. The van der Waals surface area contributed by atoms with Crippen LogP contribution < -0.4 is 0 Å². The lowest BCUT2D eigenvalue weighted by atomic mass is 10.2. The number of aryl methyl sites for hydroxylation is 1. The van der Waals surface area contributed by atoms with Crippen LogP contribution in [0.5, 0.6) is 0 Å². The van der Waals surface area contributed by atoms with E-state index >= 15 is 0 Å². The van der Waals surface area contributed by atoms with Crippen molar-refractivity contribution < 1.29 is 0 Å². The number of nitrogens with zero attached hydrogens (tertiary/aromatic N) is 2. The van der Waals surface area contributed by atoms with Gasteiger partial charge in [-0.2, -0.15) is 0 Å². The summed E-state index contributed by atoms with van der Waals surface area (Å²) in [6.07, 6.45) is 7.11. The second-order valence-corrected chi connectivity index (χ2v) is 3.59. The van der Waals surface area contributed by atoms with Crippen molar-refractivity contribution >= 4 is 0 Å². The highest BCUT2D eigenvalue weighted by Crippen LogP contribution is 2.18. The number of hydrogen-bond acceptors (Lipinski definition) is 2. The first-order valence-electron chi connectivity index (χ1n) is 4.78. The minimum absolute atomic E-state index is 0.878. The van der Waals surface area contributed by atoms with E-state index in [1.54, 1.807) is 0 Å². The lowest BCUT2D eigenvalue weighted by Crippen LogP contribution is -2.11. The fourth-order valence-corrected chi connectivity index (χ4v) is 1.49. The third-order valence-electron chi connectivity index (χ3n) is 2.37. The molecule has 0 saturated heterocycles. The van der Waals surface area contributed by atoms with Gasteiger partial charge in [-0.15, -0.1) is 0 Å². The van der Waals surface area contributed by atoms with Crippen LogP contribution in [0.25, 0.3) is 0 Å².